The molecule has 5 nitrogen and oxygen atoms in total. The van der Waals surface area contributed by atoms with Gasteiger partial charge in [0.25, 0.3) is 0 Å². The number of nitrogens with zero attached hydrogens (tertiary/aromatic N) is 1. The normalized spacial score (nSPS) is 27.4. The monoisotopic (exact) mass is 288 g/mol. The number of likely N-dealkylation sites (tertiary alicyclic amines) is 1. The summed E-state index contributed by atoms with van der Waals surface area (Å²) < 4.78 is 5.40. The highest BCUT2D eigenvalue weighted by molar-refractivity contribution is 5.84. The van der Waals surface area contributed by atoms with Crippen molar-refractivity contribution in [1.29, 1.82) is 0 Å². The first-order valence-corrected chi connectivity index (χ1v) is 7.48. The fourth-order valence-corrected chi connectivity index (χ4v) is 3.36. The molecule has 3 rings (SSSR count). The van der Waals surface area contributed by atoms with E-state index in [0.717, 1.165) is 18.4 Å². The van der Waals surface area contributed by atoms with Crippen LogP contribution in [0.25, 0.3) is 0 Å². The van der Waals surface area contributed by atoms with E-state index in [9.17, 15) is 9.59 Å². The zero-order valence-corrected chi connectivity index (χ0v) is 12.1. The van der Waals surface area contributed by atoms with Crippen LogP contribution in [0.1, 0.15) is 25.3 Å². The van der Waals surface area contributed by atoms with Gasteiger partial charge in [-0.05, 0) is 18.4 Å². The molecule has 2 aliphatic heterocycles. The first kappa shape index (κ1) is 13.9. The summed E-state index contributed by atoms with van der Waals surface area (Å²) in [6.07, 6.45) is 1.24. The molecule has 112 valence electrons. The van der Waals surface area contributed by atoms with E-state index < -0.39 is 0 Å². The highest BCUT2D eigenvalue weighted by Crippen LogP contribution is 2.32. The van der Waals surface area contributed by atoms with Crippen molar-refractivity contribution in [2.24, 2.45) is 5.92 Å². The lowest BCUT2D eigenvalue weighted by molar-refractivity contribution is -0.123. The van der Waals surface area contributed by atoms with Gasteiger partial charge in [0.05, 0.1) is 18.0 Å². The minimum atomic E-state index is -0.318. The van der Waals surface area contributed by atoms with Gasteiger partial charge < -0.3 is 15.0 Å². The lowest BCUT2D eigenvalue weighted by Gasteiger charge is -2.26. The van der Waals surface area contributed by atoms with Crippen molar-refractivity contribution >= 4 is 12.0 Å². The lowest BCUT2D eigenvalue weighted by atomic mass is 9.96. The Morgan fingerprint density at radius 2 is 2.14 bits per heavy atom. The number of ether oxygens (including phenoxy) is 1. The molecule has 3 atom stereocenters. The van der Waals surface area contributed by atoms with Gasteiger partial charge in [0.2, 0.25) is 5.91 Å². The third kappa shape index (κ3) is 2.60. The van der Waals surface area contributed by atoms with E-state index in [1.165, 1.54) is 0 Å². The van der Waals surface area contributed by atoms with Crippen molar-refractivity contribution < 1.29 is 14.3 Å². The SMILES string of the molecule is CC[C@H]1C(=O)N[C@H]2CCN(C(=O)OCc3ccccc3)[C@@H]21. The van der Waals surface area contributed by atoms with Crippen LogP contribution in [-0.4, -0.2) is 35.5 Å². The number of carbonyl (C=O) groups is 2. The summed E-state index contributed by atoms with van der Waals surface area (Å²) in [6, 6.07) is 9.66. The van der Waals surface area contributed by atoms with Crippen LogP contribution in [0.5, 0.6) is 0 Å². The summed E-state index contributed by atoms with van der Waals surface area (Å²) >= 11 is 0. The Hall–Kier alpha value is -2.04. The quantitative estimate of drug-likeness (QED) is 0.924. The summed E-state index contributed by atoms with van der Waals surface area (Å²) in [5.41, 5.74) is 0.967. The van der Waals surface area contributed by atoms with Crippen LogP contribution in [0.4, 0.5) is 4.79 Å². The minimum absolute atomic E-state index is 0.0502. The van der Waals surface area contributed by atoms with Crippen LogP contribution < -0.4 is 5.32 Å². The first-order valence-electron chi connectivity index (χ1n) is 7.48. The van der Waals surface area contributed by atoms with Crippen LogP contribution >= 0.6 is 0 Å². The third-order valence-electron chi connectivity index (χ3n) is 4.41. The number of fused-ring (bicyclic) bond motifs is 1. The Bertz CT molecular complexity index is 532. The number of rotatable bonds is 3. The Labute approximate surface area is 124 Å². The molecule has 2 heterocycles. The molecule has 0 aromatic heterocycles. The van der Waals surface area contributed by atoms with Gasteiger partial charge in [0.15, 0.2) is 0 Å². The van der Waals surface area contributed by atoms with Gasteiger partial charge in [0.1, 0.15) is 6.61 Å². The van der Waals surface area contributed by atoms with Gasteiger partial charge >= 0.3 is 6.09 Å². The molecule has 1 aromatic carbocycles. The van der Waals surface area contributed by atoms with Crippen molar-refractivity contribution in [3.05, 3.63) is 35.9 Å². The average Bonchev–Trinajstić information content (AvgIpc) is 3.03. The lowest BCUT2D eigenvalue weighted by Crippen LogP contribution is -2.42. The van der Waals surface area contributed by atoms with Crippen molar-refractivity contribution in [2.45, 2.75) is 38.5 Å². The van der Waals surface area contributed by atoms with E-state index >= 15 is 0 Å². The summed E-state index contributed by atoms with van der Waals surface area (Å²) in [6.45, 7) is 2.91. The van der Waals surface area contributed by atoms with E-state index in [2.05, 4.69) is 5.32 Å². The van der Waals surface area contributed by atoms with Gasteiger partial charge in [-0.15, -0.1) is 0 Å². The summed E-state index contributed by atoms with van der Waals surface area (Å²) in [5, 5.41) is 2.99. The average molecular weight is 288 g/mol. The van der Waals surface area contributed by atoms with Gasteiger partial charge in [-0.1, -0.05) is 37.3 Å². The zero-order valence-electron chi connectivity index (χ0n) is 12.1. The second-order valence-corrected chi connectivity index (χ2v) is 5.64. The van der Waals surface area contributed by atoms with Gasteiger partial charge in [-0.3, -0.25) is 4.79 Å². The maximum absolute atomic E-state index is 12.3. The van der Waals surface area contributed by atoms with Crippen LogP contribution in [0.3, 0.4) is 0 Å². The van der Waals surface area contributed by atoms with Crippen LogP contribution in [0, 0.1) is 5.92 Å². The molecule has 5 heteroatoms. The molecule has 0 radical (unpaired) electrons. The van der Waals surface area contributed by atoms with Crippen molar-refractivity contribution in [3.63, 3.8) is 0 Å². The smallest absolute Gasteiger partial charge is 0.410 e. The number of amides is 2. The molecule has 2 fully saturated rings. The van der Waals surface area contributed by atoms with E-state index in [1.807, 2.05) is 37.3 Å². The molecule has 0 aliphatic carbocycles. The van der Waals surface area contributed by atoms with E-state index in [1.54, 1.807) is 4.90 Å². The van der Waals surface area contributed by atoms with Gasteiger partial charge in [-0.2, -0.15) is 0 Å². The van der Waals surface area contributed by atoms with Gasteiger partial charge in [0, 0.05) is 6.54 Å². The maximum Gasteiger partial charge on any atom is 0.410 e. The maximum atomic E-state index is 12.3. The minimum Gasteiger partial charge on any atom is -0.445 e. The fraction of sp³-hybridized carbons (Fsp3) is 0.500. The van der Waals surface area contributed by atoms with Crippen LogP contribution in [-0.2, 0) is 16.1 Å². The van der Waals surface area contributed by atoms with Crippen molar-refractivity contribution in [1.82, 2.24) is 10.2 Å². The van der Waals surface area contributed by atoms with E-state index in [4.69, 9.17) is 4.74 Å². The number of carbonyl (C=O) groups excluding carboxylic acids is 2. The van der Waals surface area contributed by atoms with Gasteiger partial charge in [-0.25, -0.2) is 4.79 Å². The molecule has 0 spiro atoms. The third-order valence-corrected chi connectivity index (χ3v) is 4.41. The standard InChI is InChI=1S/C16H20N2O3/c1-2-12-14-13(17-15(12)19)8-9-18(14)16(20)21-10-11-6-4-3-5-7-11/h3-7,12-14H,2,8-10H2,1H3,(H,17,19)/t12-,13+,14-/m1/s1. The first-order chi connectivity index (χ1) is 10.2. The highest BCUT2D eigenvalue weighted by atomic mass is 16.6. The van der Waals surface area contributed by atoms with Crippen molar-refractivity contribution in [3.8, 4) is 0 Å². The molecule has 0 saturated carbocycles. The number of hydrogen-bond acceptors (Lipinski definition) is 3. The molecule has 1 aromatic rings. The number of hydrogen-bond donors (Lipinski definition) is 1. The topological polar surface area (TPSA) is 58.6 Å². The molecular weight excluding hydrogens is 268 g/mol. The Kier molecular flexibility index (Phi) is 3.82. The molecular formula is C16H20N2O3. The molecule has 1 N–H and O–H groups in total. The Morgan fingerprint density at radius 3 is 2.86 bits per heavy atom. The highest BCUT2D eigenvalue weighted by Gasteiger charge is 2.50. The summed E-state index contributed by atoms with van der Waals surface area (Å²) in [5.74, 6) is -0.0464. The molecule has 2 amide bonds. The van der Waals surface area contributed by atoms with E-state index in [0.29, 0.717) is 6.54 Å². The largest absolute Gasteiger partial charge is 0.445 e. The van der Waals surface area contributed by atoms with Crippen molar-refractivity contribution in [2.75, 3.05) is 6.54 Å². The second-order valence-electron chi connectivity index (χ2n) is 5.64. The fourth-order valence-electron chi connectivity index (χ4n) is 3.36. The Morgan fingerprint density at radius 1 is 1.38 bits per heavy atom. The molecule has 2 saturated heterocycles. The number of benzene rings is 1. The predicted octanol–water partition coefficient (Wildman–Crippen LogP) is 1.92. The summed E-state index contributed by atoms with van der Waals surface area (Å²) in [4.78, 5) is 25.9. The van der Waals surface area contributed by atoms with Crippen LogP contribution in [0.2, 0.25) is 0 Å². The second kappa shape index (κ2) is 5.76. The molecule has 21 heavy (non-hydrogen) atoms. The Balaban J connectivity index is 1.64. The van der Waals surface area contributed by atoms with Crippen LogP contribution in [0.15, 0.2) is 30.3 Å². The predicted molar refractivity (Wildman–Crippen MR) is 77.4 cm³/mol. The molecule has 0 unspecified atom stereocenters. The molecule has 0 bridgehead atoms. The summed E-state index contributed by atoms with van der Waals surface area (Å²) in [7, 11) is 0. The zero-order chi connectivity index (χ0) is 14.8. The molecule has 2 aliphatic rings. The van der Waals surface area contributed by atoms with E-state index in [-0.39, 0.29) is 36.6 Å². The number of nitrogens with one attached hydrogen (secondary N) is 1.